The van der Waals surface area contributed by atoms with E-state index in [2.05, 4.69) is 29.2 Å². The Morgan fingerprint density at radius 3 is 3.00 bits per heavy atom. The highest BCUT2D eigenvalue weighted by Crippen LogP contribution is 2.35. The van der Waals surface area contributed by atoms with E-state index in [1.165, 1.54) is 21.9 Å². The molecule has 2 aromatic rings. The van der Waals surface area contributed by atoms with Gasteiger partial charge in [0.15, 0.2) is 0 Å². The molecule has 0 spiro atoms. The molecular weight excluding hydrogens is 198 g/mol. The van der Waals surface area contributed by atoms with Crippen LogP contribution in [0.1, 0.15) is 5.01 Å². The van der Waals surface area contributed by atoms with E-state index in [1.807, 2.05) is 23.1 Å². The number of rotatable bonds is 2. The first kappa shape index (κ1) is 7.83. The molecule has 0 N–H and O–H groups in total. The van der Waals surface area contributed by atoms with Crippen LogP contribution in [-0.4, -0.2) is 16.0 Å². The summed E-state index contributed by atoms with van der Waals surface area (Å²) in [5.41, 5.74) is 1.16. The number of para-hydroxylation sites is 1. The average Bonchev–Trinajstić information content (AvgIpc) is 2.85. The number of fused-ring (bicyclic) bond motifs is 1. The lowest BCUT2D eigenvalue weighted by Crippen LogP contribution is -1.89. The predicted molar refractivity (Wildman–Crippen MR) is 59.6 cm³/mol. The van der Waals surface area contributed by atoms with Crippen LogP contribution in [0.25, 0.3) is 10.2 Å². The largest absolute Gasteiger partial charge is 0.241 e. The van der Waals surface area contributed by atoms with Gasteiger partial charge in [0.25, 0.3) is 0 Å². The highest BCUT2D eigenvalue weighted by molar-refractivity contribution is 8.06. The number of thiazole rings is 1. The molecule has 1 aromatic carbocycles. The Morgan fingerprint density at radius 2 is 2.23 bits per heavy atom. The summed E-state index contributed by atoms with van der Waals surface area (Å²) in [7, 11) is 0. The van der Waals surface area contributed by atoms with Crippen molar-refractivity contribution >= 4 is 33.3 Å². The van der Waals surface area contributed by atoms with Gasteiger partial charge in [-0.1, -0.05) is 12.1 Å². The van der Waals surface area contributed by atoms with E-state index in [-0.39, 0.29) is 0 Å². The summed E-state index contributed by atoms with van der Waals surface area (Å²) in [4.78, 5) is 4.60. The van der Waals surface area contributed by atoms with E-state index in [4.69, 9.17) is 0 Å². The minimum absolute atomic E-state index is 0.862. The van der Waals surface area contributed by atoms with Crippen molar-refractivity contribution in [1.29, 1.82) is 0 Å². The Labute approximate surface area is 85.2 Å². The van der Waals surface area contributed by atoms with Crippen molar-refractivity contribution in [2.45, 2.75) is 11.7 Å². The topological polar surface area (TPSA) is 12.9 Å². The first-order valence-electron chi connectivity index (χ1n) is 4.38. The summed E-state index contributed by atoms with van der Waals surface area (Å²) in [6.07, 6.45) is 1.17. The summed E-state index contributed by atoms with van der Waals surface area (Å²) >= 11 is 3.88. The van der Waals surface area contributed by atoms with Gasteiger partial charge >= 0.3 is 0 Å². The molecule has 0 bridgehead atoms. The molecule has 3 heteroatoms. The van der Waals surface area contributed by atoms with Gasteiger partial charge in [-0.2, -0.15) is 11.8 Å². The third-order valence-corrected chi connectivity index (χ3v) is 4.17. The summed E-state index contributed by atoms with van der Waals surface area (Å²) < 4.78 is 1.32. The Hall–Kier alpha value is -0.540. The van der Waals surface area contributed by atoms with Crippen LogP contribution in [0.4, 0.5) is 0 Å². The van der Waals surface area contributed by atoms with Gasteiger partial charge in [0.05, 0.1) is 15.2 Å². The monoisotopic (exact) mass is 207 g/mol. The van der Waals surface area contributed by atoms with Gasteiger partial charge < -0.3 is 0 Å². The van der Waals surface area contributed by atoms with Crippen molar-refractivity contribution in [2.24, 2.45) is 0 Å². The van der Waals surface area contributed by atoms with Crippen molar-refractivity contribution in [3.8, 4) is 0 Å². The van der Waals surface area contributed by atoms with Crippen LogP contribution in [0.15, 0.2) is 24.3 Å². The van der Waals surface area contributed by atoms with E-state index < -0.39 is 0 Å². The molecule has 1 nitrogen and oxygen atoms in total. The van der Waals surface area contributed by atoms with Crippen LogP contribution < -0.4 is 0 Å². The lowest BCUT2D eigenvalue weighted by molar-refractivity contribution is 1.01. The zero-order chi connectivity index (χ0) is 8.67. The predicted octanol–water partition coefficient (Wildman–Crippen LogP) is 2.95. The van der Waals surface area contributed by atoms with Crippen LogP contribution in [0.2, 0.25) is 0 Å². The van der Waals surface area contributed by atoms with Gasteiger partial charge in [0, 0.05) is 17.4 Å². The molecule has 1 saturated heterocycles. The quantitative estimate of drug-likeness (QED) is 0.702. The maximum absolute atomic E-state index is 4.60. The molecule has 0 radical (unpaired) electrons. The molecule has 3 rings (SSSR count). The number of aromatic nitrogens is 1. The van der Waals surface area contributed by atoms with Crippen LogP contribution in [0.3, 0.4) is 0 Å². The normalized spacial score (nSPS) is 20.8. The maximum Gasteiger partial charge on any atom is 0.0949 e. The van der Waals surface area contributed by atoms with Crippen LogP contribution in [0, 0.1) is 0 Å². The van der Waals surface area contributed by atoms with Crippen molar-refractivity contribution in [1.82, 2.24) is 4.98 Å². The van der Waals surface area contributed by atoms with Gasteiger partial charge in [0.1, 0.15) is 0 Å². The number of hydrogen-bond acceptors (Lipinski definition) is 3. The Morgan fingerprint density at radius 1 is 1.38 bits per heavy atom. The smallest absolute Gasteiger partial charge is 0.0949 e. The molecule has 1 aliphatic rings. The molecular formula is C10H9NS2. The fraction of sp³-hybridized carbons (Fsp3) is 0.300. The van der Waals surface area contributed by atoms with Gasteiger partial charge in [-0.05, 0) is 12.1 Å². The summed E-state index contributed by atoms with van der Waals surface area (Å²) in [5.74, 6) is 1.33. The van der Waals surface area contributed by atoms with Gasteiger partial charge in [-0.25, -0.2) is 4.98 Å². The molecule has 1 aromatic heterocycles. The molecule has 66 valence electrons. The van der Waals surface area contributed by atoms with E-state index in [0.29, 0.717) is 0 Å². The molecule has 1 fully saturated rings. The average molecular weight is 207 g/mol. The third-order valence-electron chi connectivity index (χ3n) is 2.14. The zero-order valence-electron chi connectivity index (χ0n) is 7.06. The van der Waals surface area contributed by atoms with Crippen LogP contribution in [0.5, 0.6) is 0 Å². The van der Waals surface area contributed by atoms with E-state index in [0.717, 1.165) is 10.8 Å². The lowest BCUT2D eigenvalue weighted by atomic mass is 10.3. The lowest BCUT2D eigenvalue weighted by Gasteiger charge is -1.86. The summed E-state index contributed by atoms with van der Waals surface area (Å²) in [6.45, 7) is 0. The molecule has 0 aliphatic carbocycles. The van der Waals surface area contributed by atoms with Gasteiger partial charge in [-0.3, -0.25) is 0 Å². The standard InChI is InChI=1S/C10H9NS2/c1-2-4-9-8(3-1)11-10(13-9)5-7-6-12-7/h1-4,7H,5-6H2/t7-/m0/s1. The van der Waals surface area contributed by atoms with E-state index >= 15 is 0 Å². The summed E-state index contributed by atoms with van der Waals surface area (Å²) in [5, 5.41) is 2.16. The van der Waals surface area contributed by atoms with Gasteiger partial charge in [0.2, 0.25) is 0 Å². The first-order chi connectivity index (χ1) is 6.42. The van der Waals surface area contributed by atoms with Crippen molar-refractivity contribution in [2.75, 3.05) is 5.75 Å². The van der Waals surface area contributed by atoms with Crippen molar-refractivity contribution in [3.63, 3.8) is 0 Å². The van der Waals surface area contributed by atoms with E-state index in [9.17, 15) is 0 Å². The summed E-state index contributed by atoms with van der Waals surface area (Å²) in [6, 6.07) is 8.37. The molecule has 1 atom stereocenters. The molecule has 0 saturated carbocycles. The molecule has 1 aliphatic heterocycles. The number of hydrogen-bond donors (Lipinski definition) is 0. The highest BCUT2D eigenvalue weighted by Gasteiger charge is 2.23. The molecule has 13 heavy (non-hydrogen) atoms. The fourth-order valence-electron chi connectivity index (χ4n) is 1.39. The second-order valence-corrected chi connectivity index (χ2v) is 5.68. The number of nitrogens with zero attached hydrogens (tertiary/aromatic N) is 1. The highest BCUT2D eigenvalue weighted by atomic mass is 32.2. The number of thioether (sulfide) groups is 1. The van der Waals surface area contributed by atoms with Gasteiger partial charge in [-0.15, -0.1) is 11.3 Å². The minimum Gasteiger partial charge on any atom is -0.241 e. The third kappa shape index (κ3) is 1.58. The first-order valence-corrected chi connectivity index (χ1v) is 6.24. The maximum atomic E-state index is 4.60. The zero-order valence-corrected chi connectivity index (χ0v) is 8.70. The molecule has 0 unspecified atom stereocenters. The Kier molecular flexibility index (Phi) is 1.80. The number of benzene rings is 1. The van der Waals surface area contributed by atoms with E-state index in [1.54, 1.807) is 0 Å². The fourth-order valence-corrected chi connectivity index (χ4v) is 3.07. The van der Waals surface area contributed by atoms with Crippen LogP contribution >= 0.6 is 23.1 Å². The van der Waals surface area contributed by atoms with Crippen LogP contribution in [-0.2, 0) is 6.42 Å². The second kappa shape index (κ2) is 3.00. The Balaban J connectivity index is 2.00. The SMILES string of the molecule is c1ccc2sc(C[C@H]3CS3)nc2c1. The second-order valence-electron chi connectivity index (χ2n) is 3.23. The molecule has 2 heterocycles. The van der Waals surface area contributed by atoms with Crippen molar-refractivity contribution < 1.29 is 0 Å². The van der Waals surface area contributed by atoms with Crippen molar-refractivity contribution in [3.05, 3.63) is 29.3 Å². The molecule has 0 amide bonds. The Bertz CT molecular complexity index is 398. The minimum atomic E-state index is 0.862.